The molecular formula is C15H18N4. The van der Waals surface area contributed by atoms with Crippen LogP contribution < -0.4 is 5.32 Å². The maximum atomic E-state index is 4.74. The Morgan fingerprint density at radius 2 is 2.16 bits per heavy atom. The maximum absolute atomic E-state index is 4.74. The normalized spacial score (nSPS) is 11.3. The predicted molar refractivity (Wildman–Crippen MR) is 78.1 cm³/mol. The van der Waals surface area contributed by atoms with Crippen molar-refractivity contribution in [3.8, 4) is 11.3 Å². The molecule has 4 nitrogen and oxygen atoms in total. The van der Waals surface area contributed by atoms with E-state index in [0.29, 0.717) is 0 Å². The van der Waals surface area contributed by atoms with E-state index in [2.05, 4.69) is 46.3 Å². The third-order valence-electron chi connectivity index (χ3n) is 3.44. The minimum atomic E-state index is 0.940. The number of nitrogens with one attached hydrogen (secondary N) is 2. The molecule has 98 valence electrons. The monoisotopic (exact) mass is 254 g/mol. The number of fused-ring (bicyclic) bond motifs is 1. The number of aromatic amines is 1. The number of rotatable bonds is 4. The average Bonchev–Trinajstić information content (AvgIpc) is 3.00. The zero-order valence-corrected chi connectivity index (χ0v) is 11.3. The van der Waals surface area contributed by atoms with Crippen molar-refractivity contribution in [1.82, 2.24) is 19.9 Å². The smallest absolute Gasteiger partial charge is 0.110 e. The summed E-state index contributed by atoms with van der Waals surface area (Å²) in [5, 5.41) is 4.38. The Labute approximate surface area is 112 Å². The van der Waals surface area contributed by atoms with Gasteiger partial charge in [-0.05, 0) is 13.1 Å². The van der Waals surface area contributed by atoms with Crippen LogP contribution in [0.15, 0.2) is 36.7 Å². The molecule has 0 saturated heterocycles. The number of imidazole rings is 1. The zero-order chi connectivity index (χ0) is 13.2. The first-order valence-corrected chi connectivity index (χ1v) is 6.53. The molecule has 0 spiro atoms. The van der Waals surface area contributed by atoms with Gasteiger partial charge in [0, 0.05) is 48.9 Å². The number of aryl methyl sites for hydroxylation is 1. The summed E-state index contributed by atoms with van der Waals surface area (Å²) in [6.07, 6.45) is 5.07. The first kappa shape index (κ1) is 12.0. The standard InChI is InChI=1S/C15H18N4/c1-16-8-7-15-18-14(10-19(15)2)12-9-17-13-6-4-3-5-11(12)13/h3-6,9-10,16-17H,7-8H2,1-2H3. The van der Waals surface area contributed by atoms with Crippen LogP contribution >= 0.6 is 0 Å². The number of H-pyrrole nitrogens is 1. The van der Waals surface area contributed by atoms with Crippen molar-refractivity contribution in [1.29, 1.82) is 0 Å². The van der Waals surface area contributed by atoms with E-state index in [9.17, 15) is 0 Å². The zero-order valence-electron chi connectivity index (χ0n) is 11.3. The molecule has 0 unspecified atom stereocenters. The highest BCUT2D eigenvalue weighted by Crippen LogP contribution is 2.27. The van der Waals surface area contributed by atoms with E-state index in [0.717, 1.165) is 30.0 Å². The molecule has 2 aromatic heterocycles. The van der Waals surface area contributed by atoms with Crippen LogP contribution in [0.1, 0.15) is 5.82 Å². The molecule has 1 aromatic carbocycles. The summed E-state index contributed by atoms with van der Waals surface area (Å²) < 4.78 is 2.11. The van der Waals surface area contributed by atoms with Gasteiger partial charge in [0.2, 0.25) is 0 Å². The Morgan fingerprint density at radius 3 is 3.00 bits per heavy atom. The van der Waals surface area contributed by atoms with Gasteiger partial charge < -0.3 is 14.9 Å². The van der Waals surface area contributed by atoms with E-state index >= 15 is 0 Å². The number of nitrogens with zero attached hydrogens (tertiary/aromatic N) is 2. The molecule has 4 heteroatoms. The lowest BCUT2D eigenvalue weighted by Crippen LogP contribution is -2.12. The van der Waals surface area contributed by atoms with Crippen molar-refractivity contribution in [3.63, 3.8) is 0 Å². The summed E-state index contributed by atoms with van der Waals surface area (Å²) in [5.74, 6) is 1.11. The molecule has 0 aliphatic rings. The van der Waals surface area contributed by atoms with Crippen molar-refractivity contribution < 1.29 is 0 Å². The number of benzene rings is 1. The number of hydrogen-bond acceptors (Lipinski definition) is 2. The van der Waals surface area contributed by atoms with Crippen LogP contribution in [0.2, 0.25) is 0 Å². The largest absolute Gasteiger partial charge is 0.360 e. The molecule has 0 saturated carbocycles. The SMILES string of the molecule is CNCCc1nc(-c2c[nH]c3ccccc23)cn1C. The van der Waals surface area contributed by atoms with Gasteiger partial charge >= 0.3 is 0 Å². The van der Waals surface area contributed by atoms with E-state index in [1.807, 2.05) is 19.3 Å². The van der Waals surface area contributed by atoms with E-state index < -0.39 is 0 Å². The molecule has 3 aromatic rings. The summed E-state index contributed by atoms with van der Waals surface area (Å²) in [4.78, 5) is 8.04. The first-order valence-electron chi connectivity index (χ1n) is 6.53. The first-order chi connectivity index (χ1) is 9.29. The molecule has 0 amide bonds. The Kier molecular flexibility index (Phi) is 3.09. The van der Waals surface area contributed by atoms with Gasteiger partial charge in [-0.3, -0.25) is 0 Å². The molecule has 0 bridgehead atoms. The number of aromatic nitrogens is 3. The molecule has 0 aliphatic heterocycles. The molecule has 2 heterocycles. The van der Waals surface area contributed by atoms with Crippen LogP contribution in [0.25, 0.3) is 22.2 Å². The van der Waals surface area contributed by atoms with Gasteiger partial charge in [-0.25, -0.2) is 4.98 Å². The van der Waals surface area contributed by atoms with E-state index in [1.54, 1.807) is 0 Å². The summed E-state index contributed by atoms with van der Waals surface area (Å²) in [7, 11) is 4.01. The minimum absolute atomic E-state index is 0.940. The molecule has 2 N–H and O–H groups in total. The van der Waals surface area contributed by atoms with Crippen LogP contribution in [-0.4, -0.2) is 28.1 Å². The summed E-state index contributed by atoms with van der Waals surface area (Å²) in [6.45, 7) is 0.943. The quantitative estimate of drug-likeness (QED) is 0.750. The second-order valence-electron chi connectivity index (χ2n) is 4.75. The van der Waals surface area contributed by atoms with Gasteiger partial charge in [0.1, 0.15) is 5.82 Å². The Bertz CT molecular complexity index is 693. The number of likely N-dealkylation sites (N-methyl/N-ethyl adjacent to an activating group) is 1. The minimum Gasteiger partial charge on any atom is -0.360 e. The highest BCUT2D eigenvalue weighted by Gasteiger charge is 2.10. The number of para-hydroxylation sites is 1. The molecule has 0 atom stereocenters. The fraction of sp³-hybridized carbons (Fsp3) is 0.267. The van der Waals surface area contributed by atoms with Gasteiger partial charge in [0.25, 0.3) is 0 Å². The van der Waals surface area contributed by atoms with Crippen molar-refractivity contribution in [2.45, 2.75) is 6.42 Å². The Balaban J connectivity index is 2.02. The lowest BCUT2D eigenvalue weighted by Gasteiger charge is -1.99. The molecule has 0 aliphatic carbocycles. The van der Waals surface area contributed by atoms with E-state index in [1.165, 1.54) is 10.9 Å². The van der Waals surface area contributed by atoms with Gasteiger partial charge in [-0.2, -0.15) is 0 Å². The van der Waals surface area contributed by atoms with Crippen LogP contribution in [0, 0.1) is 0 Å². The van der Waals surface area contributed by atoms with E-state index in [4.69, 9.17) is 4.98 Å². The lowest BCUT2D eigenvalue weighted by atomic mass is 10.1. The fourth-order valence-electron chi connectivity index (χ4n) is 2.39. The molecule has 0 fully saturated rings. The molecule has 19 heavy (non-hydrogen) atoms. The fourth-order valence-corrected chi connectivity index (χ4v) is 2.39. The van der Waals surface area contributed by atoms with Crippen LogP contribution in [0.4, 0.5) is 0 Å². The van der Waals surface area contributed by atoms with Crippen LogP contribution in [-0.2, 0) is 13.5 Å². The van der Waals surface area contributed by atoms with Crippen molar-refractivity contribution in [2.75, 3.05) is 13.6 Å². The average molecular weight is 254 g/mol. The van der Waals surface area contributed by atoms with Gasteiger partial charge in [0.15, 0.2) is 0 Å². The third-order valence-corrected chi connectivity index (χ3v) is 3.44. The van der Waals surface area contributed by atoms with Gasteiger partial charge in [-0.1, -0.05) is 18.2 Å². The van der Waals surface area contributed by atoms with Crippen molar-refractivity contribution in [2.24, 2.45) is 7.05 Å². The van der Waals surface area contributed by atoms with Gasteiger partial charge in [-0.15, -0.1) is 0 Å². The lowest BCUT2D eigenvalue weighted by molar-refractivity contribution is 0.718. The molecule has 3 rings (SSSR count). The van der Waals surface area contributed by atoms with Crippen molar-refractivity contribution in [3.05, 3.63) is 42.5 Å². The Morgan fingerprint density at radius 1 is 1.32 bits per heavy atom. The summed E-state index contributed by atoms with van der Waals surface area (Å²) in [6, 6.07) is 8.32. The number of hydrogen-bond donors (Lipinski definition) is 2. The second kappa shape index (κ2) is 4.90. The topological polar surface area (TPSA) is 45.6 Å². The highest BCUT2D eigenvalue weighted by atomic mass is 15.1. The van der Waals surface area contributed by atoms with Crippen molar-refractivity contribution >= 4 is 10.9 Å². The predicted octanol–water partition coefficient (Wildman–Crippen LogP) is 2.33. The summed E-state index contributed by atoms with van der Waals surface area (Å²) >= 11 is 0. The van der Waals surface area contributed by atoms with Crippen LogP contribution in [0.5, 0.6) is 0 Å². The highest BCUT2D eigenvalue weighted by molar-refractivity contribution is 5.94. The second-order valence-corrected chi connectivity index (χ2v) is 4.75. The van der Waals surface area contributed by atoms with E-state index in [-0.39, 0.29) is 0 Å². The summed E-state index contributed by atoms with van der Waals surface area (Å²) in [5.41, 5.74) is 3.35. The van der Waals surface area contributed by atoms with Gasteiger partial charge in [0.05, 0.1) is 5.69 Å². The maximum Gasteiger partial charge on any atom is 0.110 e. The third kappa shape index (κ3) is 2.15. The molecular weight excluding hydrogens is 236 g/mol. The molecule has 0 radical (unpaired) electrons. The Hall–Kier alpha value is -2.07. The van der Waals surface area contributed by atoms with Crippen LogP contribution in [0.3, 0.4) is 0 Å².